The predicted molar refractivity (Wildman–Crippen MR) is 41.6 cm³/mol. The van der Waals surface area contributed by atoms with Crippen LogP contribution in [0.5, 0.6) is 0 Å². The topological polar surface area (TPSA) is 22.0 Å². The van der Waals surface area contributed by atoms with Crippen molar-refractivity contribution in [3.8, 4) is 0 Å². The molecule has 0 aliphatic carbocycles. The van der Waals surface area contributed by atoms with E-state index in [9.17, 15) is 22.4 Å². The fourth-order valence-corrected chi connectivity index (χ4v) is 1.01. The minimum Gasteiger partial charge on any atom is -0.310 e. The molecule has 0 unspecified atom stereocenters. The van der Waals surface area contributed by atoms with Gasteiger partial charge in [0.1, 0.15) is 0 Å². The first-order valence-corrected chi connectivity index (χ1v) is 3.70. The second kappa shape index (κ2) is 3.43. The Morgan fingerprint density at radius 2 is 1.93 bits per heavy atom. The first-order chi connectivity index (χ1) is 6.37. The van der Waals surface area contributed by atoms with Gasteiger partial charge in [0.25, 0.3) is 5.56 Å². The molecule has 1 aromatic rings. The minimum absolute atomic E-state index is 0.506. The molecule has 0 fully saturated rings. The second-order valence-corrected chi connectivity index (χ2v) is 2.73. The van der Waals surface area contributed by atoms with Gasteiger partial charge in [0.15, 0.2) is 0 Å². The van der Waals surface area contributed by atoms with Crippen LogP contribution in [0.15, 0.2) is 23.0 Å². The first kappa shape index (κ1) is 10.7. The molecule has 0 saturated carbocycles. The zero-order valence-corrected chi connectivity index (χ0v) is 7.18. The van der Waals surface area contributed by atoms with Crippen LogP contribution in [0.4, 0.5) is 17.6 Å². The Labute approximate surface area is 76.8 Å². The fourth-order valence-electron chi connectivity index (χ4n) is 1.01. The van der Waals surface area contributed by atoms with E-state index < -0.39 is 23.6 Å². The Morgan fingerprint density at radius 1 is 1.36 bits per heavy atom. The third-order valence-electron chi connectivity index (χ3n) is 1.80. The van der Waals surface area contributed by atoms with Crippen molar-refractivity contribution in [1.82, 2.24) is 4.57 Å². The average Bonchev–Trinajstić information content (AvgIpc) is 2.09. The zero-order chi connectivity index (χ0) is 10.9. The fraction of sp³-hybridized carbons (Fsp3) is 0.375. The van der Waals surface area contributed by atoms with Crippen molar-refractivity contribution in [2.75, 3.05) is 0 Å². The van der Waals surface area contributed by atoms with Gasteiger partial charge in [-0.25, -0.2) is 8.78 Å². The Balaban J connectivity index is 3.33. The first-order valence-electron chi connectivity index (χ1n) is 3.70. The Hall–Kier alpha value is -1.33. The monoisotopic (exact) mass is 209 g/mol. The van der Waals surface area contributed by atoms with Gasteiger partial charge in [0.05, 0.1) is 5.69 Å². The number of halogens is 4. The lowest BCUT2D eigenvalue weighted by Gasteiger charge is -2.17. The van der Waals surface area contributed by atoms with Gasteiger partial charge in [-0.1, -0.05) is 6.07 Å². The molecule has 6 heteroatoms. The van der Waals surface area contributed by atoms with Gasteiger partial charge in [-0.05, 0) is 6.07 Å². The summed E-state index contributed by atoms with van der Waals surface area (Å²) in [7, 11) is 1.02. The lowest BCUT2D eigenvalue weighted by atomic mass is 10.2. The smallest absolute Gasteiger partial charge is 0.310 e. The van der Waals surface area contributed by atoms with Crippen LogP contribution >= 0.6 is 0 Å². The highest BCUT2D eigenvalue weighted by atomic mass is 19.3. The molecule has 0 N–H and O–H groups in total. The quantitative estimate of drug-likeness (QED) is 0.680. The van der Waals surface area contributed by atoms with E-state index in [0.29, 0.717) is 4.57 Å². The number of hydrogen-bond acceptors (Lipinski definition) is 1. The summed E-state index contributed by atoms with van der Waals surface area (Å²) in [6, 6.07) is 2.84. The van der Waals surface area contributed by atoms with Crippen molar-refractivity contribution >= 4 is 0 Å². The van der Waals surface area contributed by atoms with Gasteiger partial charge in [-0.3, -0.25) is 4.79 Å². The van der Waals surface area contributed by atoms with Crippen molar-refractivity contribution in [2.45, 2.75) is 12.3 Å². The van der Waals surface area contributed by atoms with E-state index in [1.54, 1.807) is 0 Å². The highest BCUT2D eigenvalue weighted by Crippen LogP contribution is 2.33. The Bertz CT molecular complexity index is 385. The van der Waals surface area contributed by atoms with E-state index in [4.69, 9.17) is 0 Å². The van der Waals surface area contributed by atoms with E-state index in [2.05, 4.69) is 0 Å². The average molecular weight is 209 g/mol. The largest absolute Gasteiger partial charge is 0.347 e. The Kier molecular flexibility index (Phi) is 2.64. The summed E-state index contributed by atoms with van der Waals surface area (Å²) in [5.41, 5.74) is -1.73. The molecule has 0 aromatic carbocycles. The van der Waals surface area contributed by atoms with Crippen LogP contribution in [0.1, 0.15) is 5.69 Å². The summed E-state index contributed by atoms with van der Waals surface area (Å²) in [4.78, 5) is 10.9. The predicted octanol–water partition coefficient (Wildman–Crippen LogP) is 1.74. The molecule has 0 atom stereocenters. The van der Waals surface area contributed by atoms with Gasteiger partial charge in [0, 0.05) is 13.1 Å². The van der Waals surface area contributed by atoms with Crippen molar-refractivity contribution < 1.29 is 17.6 Å². The van der Waals surface area contributed by atoms with Crippen LogP contribution in [-0.4, -0.2) is 11.0 Å². The van der Waals surface area contributed by atoms with E-state index in [1.165, 1.54) is 0 Å². The number of rotatable bonds is 2. The highest BCUT2D eigenvalue weighted by Gasteiger charge is 2.44. The summed E-state index contributed by atoms with van der Waals surface area (Å²) in [6.07, 6.45) is -3.82. The maximum absolute atomic E-state index is 12.8. The molecule has 0 bridgehead atoms. The summed E-state index contributed by atoms with van der Waals surface area (Å²) in [6.45, 7) is 0. The third-order valence-corrected chi connectivity index (χ3v) is 1.80. The minimum atomic E-state index is -4.30. The summed E-state index contributed by atoms with van der Waals surface area (Å²) >= 11 is 0. The van der Waals surface area contributed by atoms with Crippen LogP contribution in [0.3, 0.4) is 0 Å². The molecular formula is C8H7F4NO. The normalized spacial score (nSPS) is 12.1. The van der Waals surface area contributed by atoms with Crippen molar-refractivity contribution in [2.24, 2.45) is 7.05 Å². The zero-order valence-electron chi connectivity index (χ0n) is 7.18. The Morgan fingerprint density at radius 3 is 2.43 bits per heavy atom. The summed E-state index contributed by atoms with van der Waals surface area (Å²) in [5.74, 6) is -4.30. The summed E-state index contributed by atoms with van der Waals surface area (Å²) < 4.78 is 50.0. The molecule has 1 aromatic heterocycles. The number of aromatic nitrogens is 1. The van der Waals surface area contributed by atoms with Crippen molar-refractivity contribution in [3.63, 3.8) is 0 Å². The van der Waals surface area contributed by atoms with E-state index in [0.717, 1.165) is 25.2 Å². The molecule has 0 spiro atoms. The van der Waals surface area contributed by atoms with Gasteiger partial charge < -0.3 is 4.57 Å². The number of alkyl halides is 4. The van der Waals surface area contributed by atoms with Gasteiger partial charge >= 0.3 is 12.3 Å². The van der Waals surface area contributed by atoms with Crippen LogP contribution in [0.2, 0.25) is 0 Å². The van der Waals surface area contributed by atoms with E-state index >= 15 is 0 Å². The molecule has 14 heavy (non-hydrogen) atoms. The van der Waals surface area contributed by atoms with Crippen LogP contribution in [0, 0.1) is 0 Å². The van der Waals surface area contributed by atoms with Crippen LogP contribution in [-0.2, 0) is 13.0 Å². The number of nitrogens with zero attached hydrogens (tertiary/aromatic N) is 1. The molecule has 1 rings (SSSR count). The van der Waals surface area contributed by atoms with Gasteiger partial charge in [-0.2, -0.15) is 8.78 Å². The SMILES string of the molecule is Cn1c(C(F)(F)C(F)F)cccc1=O. The maximum Gasteiger partial charge on any atom is 0.347 e. The molecule has 1 heterocycles. The molecule has 2 nitrogen and oxygen atoms in total. The lowest BCUT2D eigenvalue weighted by molar-refractivity contribution is -0.140. The molecule has 0 radical (unpaired) electrons. The standard InChI is InChI=1S/C8H7F4NO/c1-13-5(3-2-4-6(13)14)8(11,12)7(9)10/h2-4,7H,1H3. The van der Waals surface area contributed by atoms with E-state index in [1.807, 2.05) is 0 Å². The number of hydrogen-bond donors (Lipinski definition) is 0. The second-order valence-electron chi connectivity index (χ2n) is 2.73. The van der Waals surface area contributed by atoms with Gasteiger partial charge in [0.2, 0.25) is 0 Å². The molecule has 0 saturated heterocycles. The van der Waals surface area contributed by atoms with Crippen LogP contribution in [0.25, 0.3) is 0 Å². The molecular weight excluding hydrogens is 202 g/mol. The van der Waals surface area contributed by atoms with Crippen molar-refractivity contribution in [1.29, 1.82) is 0 Å². The van der Waals surface area contributed by atoms with Crippen LogP contribution < -0.4 is 5.56 Å². The third kappa shape index (κ3) is 1.64. The number of pyridine rings is 1. The van der Waals surface area contributed by atoms with Gasteiger partial charge in [-0.15, -0.1) is 0 Å². The highest BCUT2D eigenvalue weighted by molar-refractivity contribution is 5.12. The lowest BCUT2D eigenvalue weighted by Crippen LogP contribution is -2.31. The summed E-state index contributed by atoms with van der Waals surface area (Å²) in [5, 5.41) is 0. The molecule has 0 aliphatic rings. The maximum atomic E-state index is 12.8. The van der Waals surface area contributed by atoms with E-state index in [-0.39, 0.29) is 0 Å². The molecule has 0 amide bonds. The molecule has 78 valence electrons. The van der Waals surface area contributed by atoms with Crippen molar-refractivity contribution in [3.05, 3.63) is 34.2 Å². The molecule has 0 aliphatic heterocycles.